The van der Waals surface area contributed by atoms with E-state index in [4.69, 9.17) is 5.73 Å². The fraction of sp³-hybridized carbons (Fsp3) is 0.125. The molecule has 0 radical (unpaired) electrons. The summed E-state index contributed by atoms with van der Waals surface area (Å²) < 4.78 is 1.19. The van der Waals surface area contributed by atoms with E-state index < -0.39 is 0 Å². The molecule has 0 aliphatic carbocycles. The van der Waals surface area contributed by atoms with E-state index in [1.807, 2.05) is 24.4 Å². The van der Waals surface area contributed by atoms with Crippen LogP contribution in [0.4, 0.5) is 0 Å². The number of pyridine rings is 1. The highest BCUT2D eigenvalue weighted by atomic mass is 32.1. The van der Waals surface area contributed by atoms with Crippen molar-refractivity contribution in [1.82, 2.24) is 4.98 Å². The van der Waals surface area contributed by atoms with Gasteiger partial charge < -0.3 is 5.73 Å². The first-order valence-electron chi connectivity index (χ1n) is 6.36. The second kappa shape index (κ2) is 5.06. The first kappa shape index (κ1) is 12.8. The van der Waals surface area contributed by atoms with Crippen molar-refractivity contribution in [1.29, 1.82) is 0 Å². The summed E-state index contributed by atoms with van der Waals surface area (Å²) in [6.45, 7) is 2.09. The van der Waals surface area contributed by atoms with Crippen molar-refractivity contribution in [2.75, 3.05) is 0 Å². The summed E-state index contributed by atoms with van der Waals surface area (Å²) in [6.07, 6.45) is 4.53. The maximum atomic E-state index is 11.3. The molecule has 0 fully saturated rings. The standard InChI is InChI=1S/C16H14N2OS/c1-10-13-8-12(16(17)19)4-5-14(13)20-15(10)7-11-3-2-6-18-9-11/h2-6,8-9H,7H2,1H3,(H2,17,19). The normalized spacial score (nSPS) is 10.8. The predicted molar refractivity (Wildman–Crippen MR) is 82.1 cm³/mol. The minimum absolute atomic E-state index is 0.383. The zero-order valence-corrected chi connectivity index (χ0v) is 11.9. The molecular formula is C16H14N2OS. The molecule has 0 spiro atoms. The van der Waals surface area contributed by atoms with Crippen molar-refractivity contribution in [3.63, 3.8) is 0 Å². The number of benzene rings is 1. The summed E-state index contributed by atoms with van der Waals surface area (Å²) in [5, 5.41) is 1.12. The molecule has 1 amide bonds. The molecule has 20 heavy (non-hydrogen) atoms. The van der Waals surface area contributed by atoms with E-state index in [0.29, 0.717) is 5.56 Å². The van der Waals surface area contributed by atoms with Crippen LogP contribution in [-0.4, -0.2) is 10.9 Å². The minimum atomic E-state index is -0.383. The molecule has 0 saturated heterocycles. The summed E-state index contributed by atoms with van der Waals surface area (Å²) in [7, 11) is 0. The van der Waals surface area contributed by atoms with Gasteiger partial charge >= 0.3 is 0 Å². The maximum absolute atomic E-state index is 11.3. The molecule has 0 atom stereocenters. The Kier molecular flexibility index (Phi) is 3.24. The van der Waals surface area contributed by atoms with Gasteiger partial charge in [-0.2, -0.15) is 0 Å². The first-order chi connectivity index (χ1) is 9.65. The topological polar surface area (TPSA) is 56.0 Å². The Morgan fingerprint density at radius 1 is 1.35 bits per heavy atom. The Morgan fingerprint density at radius 2 is 2.20 bits per heavy atom. The molecular weight excluding hydrogens is 268 g/mol. The Balaban J connectivity index is 2.05. The monoisotopic (exact) mass is 282 g/mol. The smallest absolute Gasteiger partial charge is 0.248 e. The Hall–Kier alpha value is -2.20. The molecule has 0 unspecified atom stereocenters. The lowest BCUT2D eigenvalue weighted by atomic mass is 10.1. The number of rotatable bonds is 3. The van der Waals surface area contributed by atoms with Gasteiger partial charge in [0.1, 0.15) is 0 Å². The number of carbonyl (C=O) groups is 1. The van der Waals surface area contributed by atoms with Crippen LogP contribution in [0.15, 0.2) is 42.7 Å². The summed E-state index contributed by atoms with van der Waals surface area (Å²) in [4.78, 5) is 16.7. The van der Waals surface area contributed by atoms with E-state index in [-0.39, 0.29) is 5.91 Å². The van der Waals surface area contributed by atoms with Gasteiger partial charge in [0.25, 0.3) is 0 Å². The van der Waals surface area contributed by atoms with Crippen molar-refractivity contribution in [3.05, 3.63) is 64.3 Å². The molecule has 2 aromatic heterocycles. The van der Waals surface area contributed by atoms with Crippen LogP contribution in [0.3, 0.4) is 0 Å². The molecule has 3 nitrogen and oxygen atoms in total. The second-order valence-electron chi connectivity index (χ2n) is 4.76. The molecule has 0 bridgehead atoms. The molecule has 4 heteroatoms. The predicted octanol–water partition coefficient (Wildman–Crippen LogP) is 3.29. The van der Waals surface area contributed by atoms with Crippen LogP contribution in [0.2, 0.25) is 0 Å². The molecule has 3 aromatic rings. The minimum Gasteiger partial charge on any atom is -0.366 e. The van der Waals surface area contributed by atoms with Crippen molar-refractivity contribution < 1.29 is 4.79 Å². The van der Waals surface area contributed by atoms with Gasteiger partial charge in [-0.25, -0.2) is 0 Å². The Labute approximate surface area is 121 Å². The third-order valence-corrected chi connectivity index (χ3v) is 4.68. The van der Waals surface area contributed by atoms with Crippen LogP contribution in [0.5, 0.6) is 0 Å². The van der Waals surface area contributed by atoms with Crippen LogP contribution >= 0.6 is 11.3 Å². The number of hydrogen-bond acceptors (Lipinski definition) is 3. The summed E-state index contributed by atoms with van der Waals surface area (Å²) in [5.74, 6) is -0.383. The Bertz CT molecular complexity index is 778. The third kappa shape index (κ3) is 2.30. The van der Waals surface area contributed by atoms with E-state index in [2.05, 4.69) is 18.0 Å². The summed E-state index contributed by atoms with van der Waals surface area (Å²) >= 11 is 1.76. The SMILES string of the molecule is Cc1c(Cc2cccnc2)sc2ccc(C(N)=O)cc12. The third-order valence-electron chi connectivity index (χ3n) is 3.41. The van der Waals surface area contributed by atoms with Crippen molar-refractivity contribution in [3.8, 4) is 0 Å². The summed E-state index contributed by atoms with van der Waals surface area (Å²) in [6, 6.07) is 9.67. The maximum Gasteiger partial charge on any atom is 0.248 e. The molecule has 100 valence electrons. The lowest BCUT2D eigenvalue weighted by molar-refractivity contribution is 0.100. The van der Waals surface area contributed by atoms with E-state index in [1.165, 1.54) is 20.7 Å². The first-order valence-corrected chi connectivity index (χ1v) is 7.17. The van der Waals surface area contributed by atoms with Crippen molar-refractivity contribution in [2.24, 2.45) is 5.73 Å². The molecule has 0 aliphatic rings. The van der Waals surface area contributed by atoms with E-state index in [9.17, 15) is 4.79 Å². The lowest BCUT2D eigenvalue weighted by Gasteiger charge is -2.00. The quantitative estimate of drug-likeness (QED) is 0.801. The van der Waals surface area contributed by atoms with E-state index >= 15 is 0 Å². The van der Waals surface area contributed by atoms with Crippen molar-refractivity contribution in [2.45, 2.75) is 13.3 Å². The number of fused-ring (bicyclic) bond motifs is 1. The highest BCUT2D eigenvalue weighted by Crippen LogP contribution is 2.32. The number of aryl methyl sites for hydroxylation is 1. The van der Waals surface area contributed by atoms with Gasteiger partial charge in [0.15, 0.2) is 0 Å². The second-order valence-corrected chi connectivity index (χ2v) is 5.90. The van der Waals surface area contributed by atoms with Crippen LogP contribution in [0.25, 0.3) is 10.1 Å². The highest BCUT2D eigenvalue weighted by Gasteiger charge is 2.11. The molecule has 3 rings (SSSR count). The number of aromatic nitrogens is 1. The number of nitrogens with two attached hydrogens (primary N) is 1. The van der Waals surface area contributed by atoms with Gasteiger partial charge in [0.05, 0.1) is 0 Å². The highest BCUT2D eigenvalue weighted by molar-refractivity contribution is 7.19. The number of hydrogen-bond donors (Lipinski definition) is 1. The van der Waals surface area contributed by atoms with Gasteiger partial charge in [0.2, 0.25) is 5.91 Å². The number of thiophene rings is 1. The van der Waals surface area contributed by atoms with Gasteiger partial charge in [-0.15, -0.1) is 11.3 Å². The number of primary amides is 1. The van der Waals surface area contributed by atoms with Crippen molar-refractivity contribution >= 4 is 27.3 Å². The molecule has 2 heterocycles. The van der Waals surface area contributed by atoms with Crippen LogP contribution in [-0.2, 0) is 6.42 Å². The number of amides is 1. The molecule has 0 aliphatic heterocycles. The average molecular weight is 282 g/mol. The van der Waals surface area contributed by atoms with Gasteiger partial charge in [0, 0.05) is 34.0 Å². The van der Waals surface area contributed by atoms with Gasteiger partial charge in [-0.05, 0) is 47.7 Å². The largest absolute Gasteiger partial charge is 0.366 e. The number of carbonyl (C=O) groups excluding carboxylic acids is 1. The van der Waals surface area contributed by atoms with Gasteiger partial charge in [-0.3, -0.25) is 9.78 Å². The van der Waals surface area contributed by atoms with Crippen LogP contribution < -0.4 is 5.73 Å². The molecule has 2 N–H and O–H groups in total. The summed E-state index contributed by atoms with van der Waals surface area (Å²) in [5.41, 5.74) is 8.31. The molecule has 1 aromatic carbocycles. The zero-order chi connectivity index (χ0) is 14.1. The van der Waals surface area contributed by atoms with Gasteiger partial charge in [-0.1, -0.05) is 6.07 Å². The average Bonchev–Trinajstić information content (AvgIpc) is 2.76. The van der Waals surface area contributed by atoms with E-state index in [1.54, 1.807) is 23.6 Å². The van der Waals surface area contributed by atoms with E-state index in [0.717, 1.165) is 11.8 Å². The zero-order valence-electron chi connectivity index (χ0n) is 11.1. The lowest BCUT2D eigenvalue weighted by Crippen LogP contribution is -2.10. The van der Waals surface area contributed by atoms with Crippen LogP contribution in [0.1, 0.15) is 26.4 Å². The number of nitrogens with zero attached hydrogens (tertiary/aromatic N) is 1. The fourth-order valence-corrected chi connectivity index (χ4v) is 3.51. The molecule has 0 saturated carbocycles. The van der Waals surface area contributed by atoms with Crippen LogP contribution in [0, 0.1) is 6.92 Å². The fourth-order valence-electron chi connectivity index (χ4n) is 2.28. The Morgan fingerprint density at radius 3 is 2.90 bits per heavy atom.